The molecule has 1 aliphatic rings. The Morgan fingerprint density at radius 1 is 1.13 bits per heavy atom. The Kier molecular flexibility index (Phi) is 8.38. The molecule has 0 saturated carbocycles. The van der Waals surface area contributed by atoms with E-state index in [4.69, 9.17) is 0 Å². The van der Waals surface area contributed by atoms with Crippen LogP contribution in [0, 0.1) is 0 Å². The Morgan fingerprint density at radius 3 is 2.73 bits per heavy atom. The maximum absolute atomic E-state index is 4.43. The van der Waals surface area contributed by atoms with E-state index in [0.29, 0.717) is 6.04 Å². The second kappa shape index (κ2) is 11.2. The Balaban J connectivity index is 0.00000256. The van der Waals surface area contributed by atoms with Crippen molar-refractivity contribution in [3.63, 3.8) is 0 Å². The zero-order chi connectivity index (χ0) is 19.9. The van der Waals surface area contributed by atoms with E-state index in [2.05, 4.69) is 47.8 Å². The number of rotatable bonds is 6. The summed E-state index contributed by atoms with van der Waals surface area (Å²) in [5.74, 6) is 1.80. The highest BCUT2D eigenvalue weighted by Crippen LogP contribution is 2.13. The summed E-state index contributed by atoms with van der Waals surface area (Å²) in [7, 11) is 1.82. The first-order valence-electron chi connectivity index (χ1n) is 10.2. The van der Waals surface area contributed by atoms with Gasteiger partial charge in [0.2, 0.25) is 0 Å². The van der Waals surface area contributed by atoms with Crippen LogP contribution in [0.5, 0.6) is 0 Å². The monoisotopic (exact) mass is 520 g/mol. The van der Waals surface area contributed by atoms with Crippen LogP contribution in [-0.4, -0.2) is 63.2 Å². The summed E-state index contributed by atoms with van der Waals surface area (Å²) >= 11 is 0. The fraction of sp³-hybridized carbons (Fsp3) is 0.429. The summed E-state index contributed by atoms with van der Waals surface area (Å²) in [5, 5.41) is 15.4. The van der Waals surface area contributed by atoms with Crippen molar-refractivity contribution in [2.45, 2.75) is 31.8 Å². The van der Waals surface area contributed by atoms with E-state index in [0.717, 1.165) is 68.6 Å². The van der Waals surface area contributed by atoms with Crippen LogP contribution in [0.3, 0.4) is 0 Å². The summed E-state index contributed by atoms with van der Waals surface area (Å²) in [6.07, 6.45) is 6.84. The van der Waals surface area contributed by atoms with Gasteiger partial charge in [0.25, 0.3) is 0 Å². The van der Waals surface area contributed by atoms with Gasteiger partial charge in [-0.3, -0.25) is 19.3 Å². The maximum Gasteiger partial charge on any atom is 0.191 e. The van der Waals surface area contributed by atoms with Crippen molar-refractivity contribution in [3.8, 4) is 0 Å². The standard InChI is InChI=1S/C21H28N8.HI/c1-22-21(24-12-8-20-27-26-19-7-3-5-13-29(19)20)25-17-9-14-28(15-10-17)16-18-6-2-4-11-23-18;/h2-7,11,13,17H,8-10,12,14-16H2,1H3,(H2,22,24,25);1H. The molecule has 0 radical (unpaired) electrons. The molecule has 3 aromatic heterocycles. The number of piperidine rings is 1. The van der Waals surface area contributed by atoms with E-state index in [9.17, 15) is 0 Å². The first-order chi connectivity index (χ1) is 14.3. The minimum Gasteiger partial charge on any atom is -0.356 e. The molecule has 0 unspecified atom stereocenters. The molecule has 30 heavy (non-hydrogen) atoms. The van der Waals surface area contributed by atoms with Crippen molar-refractivity contribution < 1.29 is 0 Å². The highest BCUT2D eigenvalue weighted by molar-refractivity contribution is 14.0. The molecular weight excluding hydrogens is 491 g/mol. The Labute approximate surface area is 194 Å². The first kappa shape index (κ1) is 22.4. The van der Waals surface area contributed by atoms with Gasteiger partial charge in [0, 0.05) is 58.1 Å². The Hall–Kier alpha value is -2.27. The third-order valence-corrected chi connectivity index (χ3v) is 5.29. The van der Waals surface area contributed by atoms with Crippen molar-refractivity contribution in [1.82, 2.24) is 35.1 Å². The van der Waals surface area contributed by atoms with E-state index in [-0.39, 0.29) is 24.0 Å². The average Bonchev–Trinajstić information content (AvgIpc) is 3.18. The van der Waals surface area contributed by atoms with E-state index in [1.54, 1.807) is 0 Å². The van der Waals surface area contributed by atoms with Crippen LogP contribution >= 0.6 is 24.0 Å². The molecule has 2 N–H and O–H groups in total. The number of halogens is 1. The van der Waals surface area contributed by atoms with Gasteiger partial charge >= 0.3 is 0 Å². The predicted molar refractivity (Wildman–Crippen MR) is 129 cm³/mol. The molecule has 0 atom stereocenters. The highest BCUT2D eigenvalue weighted by atomic mass is 127. The Morgan fingerprint density at radius 2 is 1.97 bits per heavy atom. The lowest BCUT2D eigenvalue weighted by Gasteiger charge is -2.32. The molecule has 160 valence electrons. The summed E-state index contributed by atoms with van der Waals surface area (Å²) in [6, 6.07) is 12.5. The average molecular weight is 520 g/mol. The van der Waals surface area contributed by atoms with Gasteiger partial charge in [-0.1, -0.05) is 12.1 Å². The first-order valence-corrected chi connectivity index (χ1v) is 10.2. The summed E-state index contributed by atoms with van der Waals surface area (Å²) < 4.78 is 2.02. The quantitative estimate of drug-likeness (QED) is 0.295. The minimum absolute atomic E-state index is 0. The van der Waals surface area contributed by atoms with Crippen LogP contribution in [0.2, 0.25) is 0 Å². The van der Waals surface area contributed by atoms with Crippen LogP contribution in [0.25, 0.3) is 5.65 Å². The maximum atomic E-state index is 4.43. The molecule has 3 aromatic rings. The van der Waals surface area contributed by atoms with E-state index >= 15 is 0 Å². The number of fused-ring (bicyclic) bond motifs is 1. The number of aromatic nitrogens is 4. The minimum atomic E-state index is 0. The molecule has 0 amide bonds. The number of pyridine rings is 2. The normalized spacial score (nSPS) is 15.7. The van der Waals surface area contributed by atoms with Crippen LogP contribution in [0.1, 0.15) is 24.4 Å². The fourth-order valence-corrected chi connectivity index (χ4v) is 3.70. The predicted octanol–water partition coefficient (Wildman–Crippen LogP) is 2.11. The van der Waals surface area contributed by atoms with Crippen LogP contribution < -0.4 is 10.6 Å². The van der Waals surface area contributed by atoms with Crippen molar-refractivity contribution in [1.29, 1.82) is 0 Å². The van der Waals surface area contributed by atoms with Gasteiger partial charge in [-0.15, -0.1) is 34.2 Å². The molecule has 8 nitrogen and oxygen atoms in total. The Bertz CT molecular complexity index is 934. The number of hydrogen-bond donors (Lipinski definition) is 2. The van der Waals surface area contributed by atoms with E-state index in [1.165, 1.54) is 0 Å². The van der Waals surface area contributed by atoms with Gasteiger partial charge in [-0.2, -0.15) is 0 Å². The van der Waals surface area contributed by atoms with Gasteiger partial charge in [0.05, 0.1) is 5.69 Å². The number of hydrogen-bond acceptors (Lipinski definition) is 5. The summed E-state index contributed by atoms with van der Waals surface area (Å²) in [5.41, 5.74) is 2.01. The smallest absolute Gasteiger partial charge is 0.191 e. The molecule has 4 heterocycles. The van der Waals surface area contributed by atoms with Crippen LogP contribution in [0.15, 0.2) is 53.8 Å². The molecule has 0 spiro atoms. The van der Waals surface area contributed by atoms with Crippen molar-refractivity contribution in [2.24, 2.45) is 4.99 Å². The number of guanidine groups is 1. The zero-order valence-electron chi connectivity index (χ0n) is 17.2. The summed E-state index contributed by atoms with van der Waals surface area (Å²) in [4.78, 5) is 11.3. The molecule has 0 aliphatic carbocycles. The van der Waals surface area contributed by atoms with Crippen molar-refractivity contribution in [3.05, 3.63) is 60.3 Å². The lowest BCUT2D eigenvalue weighted by atomic mass is 10.0. The number of nitrogens with zero attached hydrogens (tertiary/aromatic N) is 6. The molecule has 0 aromatic carbocycles. The number of nitrogens with one attached hydrogen (secondary N) is 2. The van der Waals surface area contributed by atoms with Crippen LogP contribution in [-0.2, 0) is 13.0 Å². The van der Waals surface area contributed by atoms with Gasteiger partial charge in [0.1, 0.15) is 5.82 Å². The van der Waals surface area contributed by atoms with Gasteiger partial charge in [-0.05, 0) is 37.1 Å². The molecule has 1 saturated heterocycles. The molecular formula is C21H29IN8. The topological polar surface area (TPSA) is 82.7 Å². The van der Waals surface area contributed by atoms with Gasteiger partial charge < -0.3 is 10.6 Å². The zero-order valence-corrected chi connectivity index (χ0v) is 19.6. The van der Waals surface area contributed by atoms with E-state index in [1.807, 2.05) is 48.1 Å². The molecule has 1 fully saturated rings. The SMILES string of the molecule is CN=C(NCCc1nnc2ccccn12)NC1CCN(Cc2ccccn2)CC1.I. The number of aliphatic imine (C=N–C) groups is 1. The molecule has 1 aliphatic heterocycles. The third-order valence-electron chi connectivity index (χ3n) is 5.29. The largest absolute Gasteiger partial charge is 0.356 e. The molecule has 0 bridgehead atoms. The lowest BCUT2D eigenvalue weighted by Crippen LogP contribution is -2.48. The van der Waals surface area contributed by atoms with Gasteiger partial charge in [0.15, 0.2) is 11.6 Å². The van der Waals surface area contributed by atoms with Crippen molar-refractivity contribution >= 4 is 35.6 Å². The second-order valence-electron chi connectivity index (χ2n) is 7.31. The molecule has 9 heteroatoms. The third kappa shape index (κ3) is 5.88. The molecule has 4 rings (SSSR count). The number of likely N-dealkylation sites (tertiary alicyclic amines) is 1. The van der Waals surface area contributed by atoms with Crippen molar-refractivity contribution in [2.75, 3.05) is 26.7 Å². The second-order valence-corrected chi connectivity index (χ2v) is 7.31. The van der Waals surface area contributed by atoms with Gasteiger partial charge in [-0.25, -0.2) is 0 Å². The van der Waals surface area contributed by atoms with Crippen LogP contribution in [0.4, 0.5) is 0 Å². The lowest BCUT2D eigenvalue weighted by molar-refractivity contribution is 0.196. The van der Waals surface area contributed by atoms with E-state index < -0.39 is 0 Å². The summed E-state index contributed by atoms with van der Waals surface area (Å²) in [6.45, 7) is 3.81. The fourth-order valence-electron chi connectivity index (χ4n) is 3.70. The highest BCUT2D eigenvalue weighted by Gasteiger charge is 2.20.